The number of aliphatic hydroxyl groups is 1. The summed E-state index contributed by atoms with van der Waals surface area (Å²) in [6, 6.07) is 13.4. The summed E-state index contributed by atoms with van der Waals surface area (Å²) >= 11 is 8.44. The lowest BCUT2D eigenvalue weighted by Gasteiger charge is -2.35. The van der Waals surface area contributed by atoms with E-state index in [9.17, 15) is 14.7 Å². The molecule has 0 radical (unpaired) electrons. The first-order chi connectivity index (χ1) is 31.4. The predicted octanol–water partition coefficient (Wildman–Crippen LogP) is 4.60. The lowest BCUT2D eigenvalue weighted by atomic mass is 9.99. The number of hydrogen-bond donors (Lipinski definition) is 3. The minimum absolute atomic E-state index is 0.0416. The second-order valence-electron chi connectivity index (χ2n) is 16.7. The van der Waals surface area contributed by atoms with Crippen molar-refractivity contribution in [3.63, 3.8) is 0 Å². The number of aliphatic imine (C=N–C) groups is 1. The van der Waals surface area contributed by atoms with Gasteiger partial charge in [0.2, 0.25) is 17.7 Å². The zero-order chi connectivity index (χ0) is 45.1. The fraction of sp³-hybridized carbons (Fsp3) is 0.422. The maximum Gasteiger partial charge on any atom is 0.296 e. The highest BCUT2D eigenvalue weighted by molar-refractivity contribution is 7.15. The van der Waals surface area contributed by atoms with Gasteiger partial charge in [-0.05, 0) is 51.5 Å². The molecule has 5 atom stereocenters. The predicted molar refractivity (Wildman–Crippen MR) is 243 cm³/mol. The molecule has 0 spiro atoms. The lowest BCUT2D eigenvalue weighted by molar-refractivity contribution is -0.131. The molecule has 338 valence electrons. The Bertz CT molecular complexity index is 2840. The van der Waals surface area contributed by atoms with E-state index in [1.807, 2.05) is 28.5 Å². The number of methoxy groups -OCH3 is 1. The number of aromatic amines is 1. The van der Waals surface area contributed by atoms with Crippen LogP contribution in [0.5, 0.6) is 11.9 Å². The van der Waals surface area contributed by atoms with Crippen molar-refractivity contribution in [2.24, 2.45) is 4.99 Å². The average Bonchev–Trinajstić information content (AvgIpc) is 4.12. The molecule has 3 saturated heterocycles. The number of H-pyrrole nitrogens is 1. The molecule has 2 amide bonds. The van der Waals surface area contributed by atoms with E-state index in [4.69, 9.17) is 45.5 Å². The number of rotatable bonds is 11. The number of aromatic nitrogens is 7. The number of aliphatic hydroxyl groups excluding tert-OH is 1. The Morgan fingerprint density at radius 2 is 1.77 bits per heavy atom. The number of aryl methyl sites for hydroxylation is 3. The second-order valence-corrected chi connectivity index (χ2v) is 18.3. The van der Waals surface area contributed by atoms with Crippen LogP contribution in [0.4, 0.5) is 5.82 Å². The average molecular weight is 922 g/mol. The summed E-state index contributed by atoms with van der Waals surface area (Å²) in [4.78, 5) is 54.4. The first kappa shape index (κ1) is 42.9. The van der Waals surface area contributed by atoms with E-state index in [0.717, 1.165) is 38.8 Å². The van der Waals surface area contributed by atoms with Gasteiger partial charge in [0.15, 0.2) is 17.6 Å². The maximum absolute atomic E-state index is 13.5. The van der Waals surface area contributed by atoms with Crippen molar-refractivity contribution in [1.82, 2.24) is 44.9 Å². The van der Waals surface area contributed by atoms with E-state index < -0.39 is 24.4 Å². The molecule has 5 aromatic heterocycles. The molecule has 0 unspecified atom stereocenters. The zero-order valence-corrected chi connectivity index (χ0v) is 38.1. The highest BCUT2D eigenvalue weighted by atomic mass is 35.5. The number of anilines is 1. The summed E-state index contributed by atoms with van der Waals surface area (Å²) in [6.45, 7) is 10.9. The number of nitrogens with zero attached hydrogens (tertiary/aromatic N) is 9. The lowest BCUT2D eigenvalue weighted by Crippen LogP contribution is -2.49. The van der Waals surface area contributed by atoms with Crippen LogP contribution in [-0.2, 0) is 19.1 Å². The Morgan fingerprint density at radius 1 is 0.985 bits per heavy atom. The number of ether oxygens (including phenoxy) is 4. The van der Waals surface area contributed by atoms with Gasteiger partial charge >= 0.3 is 0 Å². The number of pyridine rings is 2. The third-order valence-electron chi connectivity index (χ3n) is 12.5. The smallest absolute Gasteiger partial charge is 0.296 e. The van der Waals surface area contributed by atoms with Crippen molar-refractivity contribution in [3.8, 4) is 28.1 Å². The number of imidazole rings is 1. The van der Waals surface area contributed by atoms with Crippen molar-refractivity contribution >= 4 is 57.4 Å². The van der Waals surface area contributed by atoms with Crippen molar-refractivity contribution in [2.75, 3.05) is 57.9 Å². The summed E-state index contributed by atoms with van der Waals surface area (Å²) < 4.78 is 25.2. The Balaban J connectivity index is 0.753. The molecule has 3 N–H and O–H groups in total. The molecule has 0 aliphatic carbocycles. The Morgan fingerprint density at radius 3 is 2.55 bits per heavy atom. The summed E-state index contributed by atoms with van der Waals surface area (Å²) in [5.74, 6) is 2.11. The minimum atomic E-state index is -0.686. The fourth-order valence-electron chi connectivity index (χ4n) is 8.91. The molecule has 4 aliphatic rings. The summed E-state index contributed by atoms with van der Waals surface area (Å²) in [5.41, 5.74) is 7.12. The zero-order valence-electron chi connectivity index (χ0n) is 36.5. The second kappa shape index (κ2) is 17.4. The summed E-state index contributed by atoms with van der Waals surface area (Å²) in [7, 11) is 1.54. The first-order valence-electron chi connectivity index (χ1n) is 21.6. The third-order valence-corrected chi connectivity index (χ3v) is 14.0. The van der Waals surface area contributed by atoms with Crippen LogP contribution >= 0.6 is 22.9 Å². The number of thiophene rings is 1. The Labute approximate surface area is 383 Å². The largest absolute Gasteiger partial charge is 0.480 e. The summed E-state index contributed by atoms with van der Waals surface area (Å²) in [5, 5.41) is 23.3. The normalized spacial score (nSPS) is 21.5. The van der Waals surface area contributed by atoms with Crippen LogP contribution in [0.3, 0.4) is 0 Å². The first-order valence-corrected chi connectivity index (χ1v) is 22.8. The number of benzene rings is 1. The van der Waals surface area contributed by atoms with Crippen LogP contribution in [0.2, 0.25) is 5.02 Å². The minimum Gasteiger partial charge on any atom is -0.480 e. The number of carbonyl (C=O) groups excluding carboxylic acids is 2. The van der Waals surface area contributed by atoms with Gasteiger partial charge in [-0.15, -0.1) is 21.5 Å². The van der Waals surface area contributed by atoms with Crippen molar-refractivity contribution in [1.29, 1.82) is 0 Å². The number of piperazine rings is 1. The van der Waals surface area contributed by atoms with Gasteiger partial charge in [-0.2, -0.15) is 9.97 Å². The third kappa shape index (κ3) is 8.09. The number of amides is 2. The van der Waals surface area contributed by atoms with Gasteiger partial charge in [0, 0.05) is 55.1 Å². The summed E-state index contributed by atoms with van der Waals surface area (Å²) in [6.07, 6.45) is -1.72. The van der Waals surface area contributed by atoms with E-state index >= 15 is 0 Å². The van der Waals surface area contributed by atoms with Crippen LogP contribution in [-0.4, -0.2) is 140 Å². The molecule has 65 heavy (non-hydrogen) atoms. The van der Waals surface area contributed by atoms with E-state index in [1.54, 1.807) is 17.4 Å². The quantitative estimate of drug-likeness (QED) is 0.163. The molecule has 0 saturated carbocycles. The number of fused-ring (bicyclic) bond motifs is 5. The molecule has 6 aromatic rings. The van der Waals surface area contributed by atoms with Crippen LogP contribution in [0, 0.1) is 27.7 Å². The van der Waals surface area contributed by atoms with E-state index in [-0.39, 0.29) is 56.5 Å². The molecule has 3 fully saturated rings. The highest BCUT2D eigenvalue weighted by Gasteiger charge is 2.48. The highest BCUT2D eigenvalue weighted by Crippen LogP contribution is 2.40. The molecule has 10 rings (SSSR count). The molecular formula is C45H48ClN11O7S. The van der Waals surface area contributed by atoms with E-state index in [0.29, 0.717) is 71.1 Å². The standard InChI is InChI=1S/C45H48ClN11O7S/c1-22-6-8-26(9-7-22)37-36-23(2)24(3)65-44(36)57-25(4)53-54-42(57)30(48-37)19-34(59)47-13-12-35(60)56-16-14-55(15-17-56)33-11-10-27(43(50-33)61-5)38-28(46)18-29-41(51-38)52-45(49-29)64-32-21-63-39-31(58)20-62-40(32)39/h6-11,18,30-32,39-40,58H,12-17,19-21H2,1-5H3,(H,47,59)(H,49,51,52)/t30-,31+,32+,39+,40+/m0/s1. The molecule has 20 heteroatoms. The maximum atomic E-state index is 13.5. The van der Waals surface area contributed by atoms with E-state index in [1.165, 1.54) is 12.0 Å². The van der Waals surface area contributed by atoms with Gasteiger partial charge < -0.3 is 44.2 Å². The van der Waals surface area contributed by atoms with Gasteiger partial charge in [-0.25, -0.2) is 4.98 Å². The molecular weight excluding hydrogens is 874 g/mol. The van der Waals surface area contributed by atoms with Gasteiger partial charge in [-0.1, -0.05) is 41.4 Å². The van der Waals surface area contributed by atoms with Gasteiger partial charge in [0.05, 0.1) is 54.3 Å². The molecule has 1 aromatic carbocycles. The van der Waals surface area contributed by atoms with Crippen molar-refractivity contribution < 1.29 is 33.6 Å². The van der Waals surface area contributed by atoms with Gasteiger partial charge in [-0.3, -0.25) is 19.1 Å². The number of halogens is 1. The molecule has 0 bridgehead atoms. The van der Waals surface area contributed by atoms with Crippen LogP contribution in [0.1, 0.15) is 57.7 Å². The monoisotopic (exact) mass is 921 g/mol. The number of carbonyl (C=O) groups is 2. The number of hydrogen-bond acceptors (Lipinski definition) is 15. The topological polar surface area (TPSA) is 207 Å². The molecule has 4 aliphatic heterocycles. The molecule has 18 nitrogen and oxygen atoms in total. The van der Waals surface area contributed by atoms with Gasteiger partial charge in [0.1, 0.15) is 41.0 Å². The Hall–Kier alpha value is -5.99. The van der Waals surface area contributed by atoms with Crippen LogP contribution < -0.4 is 19.7 Å². The van der Waals surface area contributed by atoms with Crippen molar-refractivity contribution in [3.05, 3.63) is 86.3 Å². The number of nitrogens with one attached hydrogen (secondary N) is 2. The van der Waals surface area contributed by atoms with E-state index in [2.05, 4.69) is 75.4 Å². The van der Waals surface area contributed by atoms with Crippen molar-refractivity contribution in [2.45, 2.75) is 71.0 Å². The molecule has 9 heterocycles. The SMILES string of the molecule is COc1nc(N2CCN(C(=O)CCNC(=O)C[C@@H]3N=C(c4ccc(C)cc4)c4c(sc(C)c4C)-n4c(C)nnc43)CC2)ccc1-c1nc2nc(O[C@@H]3CO[C@H]4[C@@H]3OC[C@H]4O)[nH]c2cc1Cl. The fourth-order valence-corrected chi connectivity index (χ4v) is 10.4. The van der Waals surface area contributed by atoms with Crippen LogP contribution in [0.25, 0.3) is 27.4 Å². The van der Waals surface area contributed by atoms with Gasteiger partial charge in [0.25, 0.3) is 6.01 Å². The Kier molecular flexibility index (Phi) is 11.5. The van der Waals surface area contributed by atoms with Crippen LogP contribution in [0.15, 0.2) is 47.5 Å².